The molecule has 0 bridgehead atoms. The average Bonchev–Trinajstić information content (AvgIpc) is 3.44. The number of nitriles is 1. The molecule has 1 unspecified atom stereocenters. The number of likely N-dealkylation sites (N-methyl/N-ethyl adjacent to an activating group) is 1. The van der Waals surface area contributed by atoms with E-state index in [-0.39, 0.29) is 36.1 Å². The average molecular weight is 548 g/mol. The summed E-state index contributed by atoms with van der Waals surface area (Å²) in [6, 6.07) is 8.91. The van der Waals surface area contributed by atoms with Crippen molar-refractivity contribution in [3.8, 4) is 17.2 Å². The fourth-order valence-electron chi connectivity index (χ4n) is 4.48. The summed E-state index contributed by atoms with van der Waals surface area (Å²) in [6.07, 6.45) is 0.0150. The van der Waals surface area contributed by atoms with Crippen molar-refractivity contribution in [3.63, 3.8) is 0 Å². The van der Waals surface area contributed by atoms with Crippen LogP contribution in [0.25, 0.3) is 11.1 Å². The van der Waals surface area contributed by atoms with E-state index in [2.05, 4.69) is 11.2 Å². The van der Waals surface area contributed by atoms with Gasteiger partial charge in [0.1, 0.15) is 10.9 Å². The molecule has 1 atom stereocenters. The highest BCUT2D eigenvalue weighted by molar-refractivity contribution is 7.13. The molecule has 1 amide bonds. The van der Waals surface area contributed by atoms with Crippen molar-refractivity contribution in [2.75, 3.05) is 27.2 Å². The van der Waals surface area contributed by atoms with Crippen molar-refractivity contribution in [2.45, 2.75) is 32.1 Å². The lowest BCUT2D eigenvalue weighted by Crippen LogP contribution is -2.37. The number of hydrogen-bond acceptors (Lipinski definition) is 5. The summed E-state index contributed by atoms with van der Waals surface area (Å²) in [5.41, 5.74) is 0.639. The van der Waals surface area contributed by atoms with Crippen LogP contribution >= 0.6 is 22.9 Å². The molecule has 0 aliphatic carbocycles. The lowest BCUT2D eigenvalue weighted by molar-refractivity contribution is -0.141. The molecule has 194 valence electrons. The third-order valence-corrected chi connectivity index (χ3v) is 7.77. The number of carbonyl (C=O) groups excluding carboxylic acids is 1. The van der Waals surface area contributed by atoms with Crippen LogP contribution in [0.4, 0.5) is 13.2 Å². The van der Waals surface area contributed by atoms with E-state index in [4.69, 9.17) is 11.6 Å². The minimum atomic E-state index is -4.65. The number of nitrogens with zero attached hydrogens (tertiary/aromatic N) is 5. The number of benzene rings is 1. The van der Waals surface area contributed by atoms with E-state index in [1.54, 1.807) is 42.2 Å². The summed E-state index contributed by atoms with van der Waals surface area (Å²) >= 11 is 7.84. The number of thiophene rings is 1. The second kappa shape index (κ2) is 10.7. The van der Waals surface area contributed by atoms with Crippen molar-refractivity contribution in [1.82, 2.24) is 19.6 Å². The van der Waals surface area contributed by atoms with Gasteiger partial charge in [0.05, 0.1) is 11.6 Å². The molecule has 1 aromatic carbocycles. The van der Waals surface area contributed by atoms with Gasteiger partial charge in [0.2, 0.25) is 5.91 Å². The van der Waals surface area contributed by atoms with Crippen molar-refractivity contribution >= 4 is 28.8 Å². The molecule has 0 spiro atoms. The van der Waals surface area contributed by atoms with Crippen LogP contribution in [0.1, 0.15) is 39.4 Å². The number of hydrogen-bond donors (Lipinski definition) is 0. The van der Waals surface area contributed by atoms with E-state index in [0.717, 1.165) is 4.88 Å². The van der Waals surface area contributed by atoms with Crippen LogP contribution in [0.2, 0.25) is 5.02 Å². The van der Waals surface area contributed by atoms with Crippen LogP contribution in [-0.4, -0.2) is 52.7 Å². The molecule has 1 aliphatic heterocycles. The largest absolute Gasteiger partial charge is 0.435 e. The molecule has 37 heavy (non-hydrogen) atoms. The first-order chi connectivity index (χ1) is 17.5. The van der Waals surface area contributed by atoms with E-state index in [1.165, 1.54) is 28.3 Å². The number of amides is 1. The van der Waals surface area contributed by atoms with Gasteiger partial charge in [0.25, 0.3) is 0 Å². The van der Waals surface area contributed by atoms with E-state index in [1.807, 2.05) is 19.0 Å². The molecule has 0 saturated heterocycles. The molecule has 2 aromatic heterocycles. The van der Waals surface area contributed by atoms with Crippen LogP contribution in [0.15, 0.2) is 42.6 Å². The Kier molecular flexibility index (Phi) is 7.78. The number of fused-ring (bicyclic) bond motifs is 1. The quantitative estimate of drug-likeness (QED) is 0.368. The van der Waals surface area contributed by atoms with Crippen molar-refractivity contribution in [3.05, 3.63) is 74.2 Å². The zero-order valence-electron chi connectivity index (χ0n) is 20.5. The fraction of sp³-hybridized carbons (Fsp3) is 0.346. The molecule has 1 aliphatic rings. The van der Waals surface area contributed by atoms with Gasteiger partial charge in [-0.05, 0) is 37.7 Å². The normalized spacial score (nSPS) is 15.9. The van der Waals surface area contributed by atoms with Gasteiger partial charge in [0, 0.05) is 48.3 Å². The maximum Gasteiger partial charge on any atom is 0.435 e. The Hall–Kier alpha value is -3.13. The smallest absolute Gasteiger partial charge is 0.333 e. The number of alkyl halides is 3. The summed E-state index contributed by atoms with van der Waals surface area (Å²) in [4.78, 5) is 17.7. The summed E-state index contributed by atoms with van der Waals surface area (Å²) < 4.78 is 43.1. The van der Waals surface area contributed by atoms with Gasteiger partial charge < -0.3 is 9.80 Å². The van der Waals surface area contributed by atoms with Crippen molar-refractivity contribution < 1.29 is 18.0 Å². The van der Waals surface area contributed by atoms with Crippen LogP contribution in [-0.2, 0) is 24.1 Å². The lowest BCUT2D eigenvalue weighted by atomic mass is 9.83. The van der Waals surface area contributed by atoms with Crippen LogP contribution < -0.4 is 0 Å². The SMILES string of the molecule is CCn1cc(-c2ccccc2C2CN(C(=O)/C=C/CN(C)C)Cc3sc(C#N)c(Cl)c32)c(C(F)(F)F)n1. The maximum atomic E-state index is 14.0. The molecule has 11 heteroatoms. The highest BCUT2D eigenvalue weighted by Crippen LogP contribution is 2.47. The Balaban J connectivity index is 1.85. The van der Waals surface area contributed by atoms with Gasteiger partial charge in [-0.3, -0.25) is 9.48 Å². The topological polar surface area (TPSA) is 65.2 Å². The highest BCUT2D eigenvalue weighted by atomic mass is 35.5. The summed E-state index contributed by atoms with van der Waals surface area (Å²) in [5.74, 6) is -0.740. The Morgan fingerprint density at radius 1 is 1.32 bits per heavy atom. The first kappa shape index (κ1) is 26.9. The molecule has 4 rings (SSSR count). The van der Waals surface area contributed by atoms with E-state index < -0.39 is 17.8 Å². The molecular formula is C26H25ClF3N5OS. The lowest BCUT2D eigenvalue weighted by Gasteiger charge is -2.34. The molecule has 0 saturated carbocycles. The Bertz CT molecular complexity index is 1390. The van der Waals surface area contributed by atoms with Crippen molar-refractivity contribution in [1.29, 1.82) is 5.26 Å². The number of carbonyl (C=O) groups is 1. The first-order valence-electron chi connectivity index (χ1n) is 11.6. The van der Waals surface area contributed by atoms with Gasteiger partial charge >= 0.3 is 6.18 Å². The number of aryl methyl sites for hydroxylation is 1. The zero-order chi connectivity index (χ0) is 26.9. The minimum absolute atomic E-state index is 0.0345. The van der Waals surface area contributed by atoms with E-state index >= 15 is 0 Å². The van der Waals surface area contributed by atoms with Gasteiger partial charge in [0.15, 0.2) is 5.69 Å². The van der Waals surface area contributed by atoms with Gasteiger partial charge in [-0.2, -0.15) is 23.5 Å². The Morgan fingerprint density at radius 2 is 2.05 bits per heavy atom. The Morgan fingerprint density at radius 3 is 2.70 bits per heavy atom. The predicted molar refractivity (Wildman–Crippen MR) is 137 cm³/mol. The summed E-state index contributed by atoms with van der Waals surface area (Å²) in [6.45, 7) is 3.06. The number of aromatic nitrogens is 2. The molecule has 6 nitrogen and oxygen atoms in total. The molecule has 3 aromatic rings. The van der Waals surface area contributed by atoms with E-state index in [9.17, 15) is 23.2 Å². The van der Waals surface area contributed by atoms with Gasteiger partial charge in [-0.1, -0.05) is 41.9 Å². The van der Waals surface area contributed by atoms with Crippen LogP contribution in [0.5, 0.6) is 0 Å². The van der Waals surface area contributed by atoms with E-state index in [0.29, 0.717) is 28.1 Å². The zero-order valence-corrected chi connectivity index (χ0v) is 22.1. The van der Waals surface area contributed by atoms with Crippen LogP contribution in [0, 0.1) is 11.3 Å². The third kappa shape index (κ3) is 5.44. The second-order valence-electron chi connectivity index (χ2n) is 8.96. The molecule has 0 radical (unpaired) electrons. The molecular weight excluding hydrogens is 523 g/mol. The maximum absolute atomic E-state index is 14.0. The second-order valence-corrected chi connectivity index (χ2v) is 10.4. The van der Waals surface area contributed by atoms with Gasteiger partial charge in [-0.15, -0.1) is 11.3 Å². The first-order valence-corrected chi connectivity index (χ1v) is 12.8. The predicted octanol–water partition coefficient (Wildman–Crippen LogP) is 5.77. The Labute approximate surface area is 222 Å². The summed E-state index contributed by atoms with van der Waals surface area (Å²) in [7, 11) is 3.78. The molecule has 3 heterocycles. The number of rotatable bonds is 6. The monoisotopic (exact) mass is 547 g/mol. The standard InChI is InChI=1S/C26H25ClF3N5OS/c1-4-35-14-19(25(32-35)26(28,29)30)17-9-6-5-8-16(17)18-13-34(22(36)10-7-11-33(2)3)15-21-23(18)24(27)20(12-31)37-21/h5-10,14,18H,4,11,13,15H2,1-3H3/b10-7+. The molecule has 0 fully saturated rings. The minimum Gasteiger partial charge on any atom is -0.333 e. The van der Waals surface area contributed by atoms with Gasteiger partial charge in [-0.25, -0.2) is 0 Å². The van der Waals surface area contributed by atoms with Crippen LogP contribution in [0.3, 0.4) is 0 Å². The molecule has 0 N–H and O–H groups in total. The number of halogens is 4. The highest BCUT2D eigenvalue weighted by Gasteiger charge is 2.40. The van der Waals surface area contributed by atoms with Crippen molar-refractivity contribution in [2.24, 2.45) is 0 Å². The summed E-state index contributed by atoms with van der Waals surface area (Å²) in [5, 5.41) is 13.7. The fourth-order valence-corrected chi connectivity index (χ4v) is 6.01. The third-order valence-electron chi connectivity index (χ3n) is 6.17.